The first kappa shape index (κ1) is 14.5. The topological polar surface area (TPSA) is 90.8 Å². The minimum atomic E-state index is -0.365. The Morgan fingerprint density at radius 2 is 2.33 bits per heavy atom. The van der Waals surface area contributed by atoms with Crippen molar-refractivity contribution in [3.05, 3.63) is 46.0 Å². The van der Waals surface area contributed by atoms with Crippen LogP contribution >= 0.6 is 0 Å². The van der Waals surface area contributed by atoms with Gasteiger partial charge in [-0.25, -0.2) is 4.79 Å². The third-order valence-corrected chi connectivity index (χ3v) is 2.75. The van der Waals surface area contributed by atoms with E-state index in [0.29, 0.717) is 25.3 Å². The van der Waals surface area contributed by atoms with E-state index < -0.39 is 0 Å². The van der Waals surface area contributed by atoms with Crippen LogP contribution in [0.1, 0.15) is 29.4 Å². The molecule has 0 atom stereocenters. The average molecular weight is 282 g/mol. The number of hydrogen-bond donors (Lipinski definition) is 1. The number of benzene rings is 1. The van der Waals surface area contributed by atoms with Crippen LogP contribution in [-0.4, -0.2) is 24.1 Å². The molecule has 106 valence electrons. The van der Waals surface area contributed by atoms with Crippen molar-refractivity contribution in [3.63, 3.8) is 0 Å². The van der Waals surface area contributed by atoms with Crippen molar-refractivity contribution in [1.29, 1.82) is 0 Å². The minimum Gasteiger partial charge on any atom is -0.461 e. The molecular formula is C15H14N4O2. The Kier molecular flexibility index (Phi) is 4.86. The molecule has 1 N–H and O–H groups in total. The zero-order valence-electron chi connectivity index (χ0n) is 11.6. The van der Waals surface area contributed by atoms with E-state index in [4.69, 9.17) is 10.3 Å². The van der Waals surface area contributed by atoms with Crippen LogP contribution in [0.5, 0.6) is 0 Å². The second kappa shape index (κ2) is 7.04. The van der Waals surface area contributed by atoms with E-state index in [2.05, 4.69) is 26.9 Å². The third-order valence-electron chi connectivity index (χ3n) is 2.75. The van der Waals surface area contributed by atoms with Gasteiger partial charge in [-0.05, 0) is 30.7 Å². The zero-order valence-corrected chi connectivity index (χ0v) is 11.6. The summed E-state index contributed by atoms with van der Waals surface area (Å²) in [7, 11) is 0. The highest BCUT2D eigenvalue weighted by Crippen LogP contribution is 2.17. The molecule has 0 fully saturated rings. The van der Waals surface area contributed by atoms with Gasteiger partial charge in [-0.15, -0.1) is 0 Å². The first-order valence-electron chi connectivity index (χ1n) is 6.54. The lowest BCUT2D eigenvalue weighted by Gasteiger charge is -1.96. The van der Waals surface area contributed by atoms with Gasteiger partial charge < -0.3 is 9.72 Å². The van der Waals surface area contributed by atoms with Crippen LogP contribution in [0.2, 0.25) is 0 Å². The van der Waals surface area contributed by atoms with Crippen molar-refractivity contribution in [1.82, 2.24) is 4.98 Å². The van der Waals surface area contributed by atoms with Crippen LogP contribution in [0.4, 0.5) is 0 Å². The van der Waals surface area contributed by atoms with Gasteiger partial charge in [0.15, 0.2) is 0 Å². The fraction of sp³-hybridized carbons (Fsp3) is 0.267. The van der Waals surface area contributed by atoms with E-state index in [1.165, 1.54) is 0 Å². The Balaban J connectivity index is 2.17. The average Bonchev–Trinajstić information content (AvgIpc) is 2.90. The molecule has 2 aromatic rings. The molecular weight excluding hydrogens is 268 g/mol. The molecule has 0 unspecified atom stereocenters. The first-order valence-corrected chi connectivity index (χ1v) is 6.54. The molecule has 6 heteroatoms. The largest absolute Gasteiger partial charge is 0.461 e. The predicted molar refractivity (Wildman–Crippen MR) is 79.8 cm³/mol. The summed E-state index contributed by atoms with van der Waals surface area (Å²) in [4.78, 5) is 17.3. The molecule has 0 aliphatic heterocycles. The van der Waals surface area contributed by atoms with Gasteiger partial charge in [0, 0.05) is 34.3 Å². The van der Waals surface area contributed by atoms with Crippen LogP contribution in [0.3, 0.4) is 0 Å². The summed E-state index contributed by atoms with van der Waals surface area (Å²) >= 11 is 0. The highest BCUT2D eigenvalue weighted by molar-refractivity contribution is 5.95. The van der Waals surface area contributed by atoms with E-state index in [1.54, 1.807) is 13.0 Å². The maximum Gasteiger partial charge on any atom is 0.354 e. The van der Waals surface area contributed by atoms with Crippen molar-refractivity contribution >= 4 is 16.9 Å². The number of nitrogens with zero attached hydrogens (tertiary/aromatic N) is 3. The van der Waals surface area contributed by atoms with Gasteiger partial charge in [0.05, 0.1) is 6.61 Å². The number of esters is 1. The number of nitrogens with one attached hydrogen (secondary N) is 1. The Hall–Kier alpha value is -2.90. The smallest absolute Gasteiger partial charge is 0.354 e. The van der Waals surface area contributed by atoms with E-state index in [9.17, 15) is 4.79 Å². The van der Waals surface area contributed by atoms with Crippen molar-refractivity contribution in [2.24, 2.45) is 5.11 Å². The third kappa shape index (κ3) is 3.78. The molecule has 0 aliphatic rings. The number of rotatable bonds is 4. The van der Waals surface area contributed by atoms with Crippen molar-refractivity contribution in [2.75, 3.05) is 13.2 Å². The first-order chi connectivity index (χ1) is 10.2. The molecule has 21 heavy (non-hydrogen) atoms. The predicted octanol–water partition coefficient (Wildman–Crippen LogP) is 3.40. The summed E-state index contributed by atoms with van der Waals surface area (Å²) < 4.78 is 4.95. The van der Waals surface area contributed by atoms with Crippen LogP contribution in [0, 0.1) is 11.8 Å². The molecule has 6 nitrogen and oxygen atoms in total. The molecule has 0 saturated carbocycles. The van der Waals surface area contributed by atoms with E-state index in [-0.39, 0.29) is 5.97 Å². The zero-order chi connectivity index (χ0) is 15.1. The lowest BCUT2D eigenvalue weighted by atomic mass is 10.1. The summed E-state index contributed by atoms with van der Waals surface area (Å²) in [5.41, 5.74) is 10.3. The van der Waals surface area contributed by atoms with E-state index in [0.717, 1.165) is 16.5 Å². The number of ether oxygens (including phenoxy) is 1. The highest BCUT2D eigenvalue weighted by atomic mass is 16.5. The molecule has 2 rings (SSSR count). The van der Waals surface area contributed by atoms with Gasteiger partial charge in [0.1, 0.15) is 5.69 Å². The number of aromatic amines is 1. The SMILES string of the molecule is CCOC(=O)c1cc2ccc(C#CCCN=[N+]=[N-])cc2[nH]1. The highest BCUT2D eigenvalue weighted by Gasteiger charge is 2.09. The molecule has 1 aromatic heterocycles. The van der Waals surface area contributed by atoms with Gasteiger partial charge in [0.25, 0.3) is 0 Å². The number of carbonyl (C=O) groups excluding carboxylic acids is 1. The molecule has 0 aliphatic carbocycles. The Morgan fingerprint density at radius 3 is 3.10 bits per heavy atom. The van der Waals surface area contributed by atoms with Crippen molar-refractivity contribution < 1.29 is 9.53 Å². The summed E-state index contributed by atoms with van der Waals surface area (Å²) in [6.45, 7) is 2.47. The Morgan fingerprint density at radius 1 is 1.48 bits per heavy atom. The van der Waals surface area contributed by atoms with Crippen LogP contribution < -0.4 is 0 Å². The van der Waals surface area contributed by atoms with E-state index >= 15 is 0 Å². The quantitative estimate of drug-likeness (QED) is 0.232. The van der Waals surface area contributed by atoms with Crippen LogP contribution in [0.15, 0.2) is 29.4 Å². The van der Waals surface area contributed by atoms with Crippen LogP contribution in [0.25, 0.3) is 21.3 Å². The Bertz CT molecular complexity index is 761. The molecule has 0 bridgehead atoms. The molecule has 1 aromatic carbocycles. The number of hydrogen-bond acceptors (Lipinski definition) is 3. The second-order valence-electron chi connectivity index (χ2n) is 4.21. The summed E-state index contributed by atoms with van der Waals surface area (Å²) in [6.07, 6.45) is 0.515. The lowest BCUT2D eigenvalue weighted by Crippen LogP contribution is -2.04. The van der Waals surface area contributed by atoms with E-state index in [1.807, 2.05) is 18.2 Å². The number of fused-ring (bicyclic) bond motifs is 1. The maximum atomic E-state index is 11.7. The lowest BCUT2D eigenvalue weighted by molar-refractivity contribution is 0.0520. The number of carbonyl (C=O) groups is 1. The van der Waals surface area contributed by atoms with Crippen molar-refractivity contribution in [2.45, 2.75) is 13.3 Å². The van der Waals surface area contributed by atoms with Gasteiger partial charge in [-0.1, -0.05) is 23.0 Å². The fourth-order valence-corrected chi connectivity index (χ4v) is 1.84. The Labute approximate surface area is 121 Å². The summed E-state index contributed by atoms with van der Waals surface area (Å²) in [6, 6.07) is 7.41. The molecule has 0 amide bonds. The van der Waals surface area contributed by atoms with Crippen LogP contribution in [-0.2, 0) is 4.74 Å². The minimum absolute atomic E-state index is 0.343. The fourth-order valence-electron chi connectivity index (χ4n) is 1.84. The summed E-state index contributed by atoms with van der Waals surface area (Å²) in [5.74, 6) is 5.56. The molecule has 1 heterocycles. The van der Waals surface area contributed by atoms with Crippen molar-refractivity contribution in [3.8, 4) is 11.8 Å². The second-order valence-corrected chi connectivity index (χ2v) is 4.21. The number of H-pyrrole nitrogens is 1. The molecule has 0 saturated heterocycles. The maximum absolute atomic E-state index is 11.7. The van der Waals surface area contributed by atoms with Gasteiger partial charge in [0.2, 0.25) is 0 Å². The van der Waals surface area contributed by atoms with Gasteiger partial charge in [-0.2, -0.15) is 0 Å². The number of aromatic nitrogens is 1. The standard InChI is InChI=1S/C15H14N4O2/c1-2-21-15(20)14-10-12-7-6-11(9-13(12)18-14)5-3-4-8-17-19-16/h6-7,9-10,18H,2,4,8H2,1H3. The summed E-state index contributed by atoms with van der Waals surface area (Å²) in [5, 5.41) is 4.34. The normalized spacial score (nSPS) is 9.57. The molecule has 0 spiro atoms. The van der Waals surface area contributed by atoms with Gasteiger partial charge in [-0.3, -0.25) is 0 Å². The monoisotopic (exact) mass is 282 g/mol. The van der Waals surface area contributed by atoms with Gasteiger partial charge >= 0.3 is 5.97 Å². The number of azide groups is 1. The molecule has 0 radical (unpaired) electrons.